The zero-order valence-corrected chi connectivity index (χ0v) is 12.3. The number of benzene rings is 1. The van der Waals surface area contributed by atoms with Crippen molar-refractivity contribution in [2.45, 2.75) is 26.4 Å². The highest BCUT2D eigenvalue weighted by Gasteiger charge is 2.39. The Hall–Kier alpha value is -2.31. The molecule has 22 heavy (non-hydrogen) atoms. The van der Waals surface area contributed by atoms with Crippen molar-refractivity contribution >= 4 is 28.3 Å². The summed E-state index contributed by atoms with van der Waals surface area (Å²) in [7, 11) is 1.85. The Balaban J connectivity index is 2.24. The Bertz CT molecular complexity index is 760. The molecule has 2 rings (SSSR count). The highest BCUT2D eigenvalue weighted by atomic mass is 19.4. The fourth-order valence-electron chi connectivity index (χ4n) is 2.21. The molecular weight excluding hydrogens is 297 g/mol. The molecule has 0 radical (unpaired) electrons. The highest BCUT2D eigenvalue weighted by molar-refractivity contribution is 6.07. The van der Waals surface area contributed by atoms with E-state index in [0.717, 1.165) is 16.6 Å². The Kier molecular flexibility index (Phi) is 4.00. The van der Waals surface area contributed by atoms with E-state index in [-0.39, 0.29) is 0 Å². The minimum atomic E-state index is -4.99. The van der Waals surface area contributed by atoms with E-state index in [4.69, 9.17) is 0 Å². The monoisotopic (exact) mass is 312 g/mol. The number of rotatable bonds is 3. The number of ketones is 1. The van der Waals surface area contributed by atoms with Gasteiger partial charge in [0.25, 0.3) is 0 Å². The first kappa shape index (κ1) is 16.1. The number of aryl methyl sites for hydroxylation is 3. The highest BCUT2D eigenvalue weighted by Crippen LogP contribution is 2.26. The number of anilines is 1. The lowest BCUT2D eigenvalue weighted by Crippen LogP contribution is -2.28. The van der Waals surface area contributed by atoms with Gasteiger partial charge in [-0.25, -0.2) is 0 Å². The standard InChI is InChI=1S/C15H15F3N2O2/c1-8-4-10-5-9(2)20(3)12(10)6-11(8)19-14(22)7-13(21)15(16,17)18/h4-6H,7H2,1-3H3,(H,19,22). The Morgan fingerprint density at radius 2 is 1.82 bits per heavy atom. The first-order valence-electron chi connectivity index (χ1n) is 6.56. The molecule has 0 fully saturated rings. The van der Waals surface area contributed by atoms with E-state index < -0.39 is 24.3 Å². The van der Waals surface area contributed by atoms with Crippen LogP contribution >= 0.6 is 0 Å². The van der Waals surface area contributed by atoms with Crippen LogP contribution in [0.1, 0.15) is 17.7 Å². The summed E-state index contributed by atoms with van der Waals surface area (Å²) in [4.78, 5) is 22.4. The van der Waals surface area contributed by atoms with Gasteiger partial charge in [0.15, 0.2) is 0 Å². The Morgan fingerprint density at radius 3 is 2.41 bits per heavy atom. The maximum atomic E-state index is 12.2. The number of hydrogen-bond acceptors (Lipinski definition) is 2. The van der Waals surface area contributed by atoms with Crippen LogP contribution in [0.5, 0.6) is 0 Å². The van der Waals surface area contributed by atoms with Crippen molar-refractivity contribution in [3.63, 3.8) is 0 Å². The van der Waals surface area contributed by atoms with Crippen molar-refractivity contribution in [2.24, 2.45) is 7.05 Å². The van der Waals surface area contributed by atoms with Gasteiger partial charge >= 0.3 is 6.18 Å². The minimum absolute atomic E-state index is 0.397. The van der Waals surface area contributed by atoms with Crippen LogP contribution in [-0.2, 0) is 16.6 Å². The molecule has 1 N–H and O–H groups in total. The molecule has 1 aromatic heterocycles. The largest absolute Gasteiger partial charge is 0.450 e. The minimum Gasteiger partial charge on any atom is -0.348 e. The van der Waals surface area contributed by atoms with Crippen LogP contribution in [0.2, 0.25) is 0 Å². The third-order valence-corrected chi connectivity index (χ3v) is 3.54. The maximum Gasteiger partial charge on any atom is 0.450 e. The van der Waals surface area contributed by atoms with Gasteiger partial charge in [-0.1, -0.05) is 0 Å². The Morgan fingerprint density at radius 1 is 1.18 bits per heavy atom. The van der Waals surface area contributed by atoms with Crippen molar-refractivity contribution in [3.05, 3.63) is 29.5 Å². The molecule has 2 aromatic rings. The lowest BCUT2D eigenvalue weighted by Gasteiger charge is -2.10. The lowest BCUT2D eigenvalue weighted by molar-refractivity contribution is -0.171. The average Bonchev–Trinajstić information content (AvgIpc) is 2.64. The van der Waals surface area contributed by atoms with Crippen LogP contribution in [0.4, 0.5) is 18.9 Å². The van der Waals surface area contributed by atoms with Crippen LogP contribution in [0.15, 0.2) is 18.2 Å². The zero-order valence-electron chi connectivity index (χ0n) is 12.3. The van der Waals surface area contributed by atoms with Gasteiger partial charge in [-0.2, -0.15) is 13.2 Å². The molecule has 0 aliphatic heterocycles. The number of halogens is 3. The molecular formula is C15H15F3N2O2. The topological polar surface area (TPSA) is 51.1 Å². The number of Topliss-reactive ketones (excluding diaryl/α,β-unsaturated/α-hetero) is 1. The predicted octanol–water partition coefficient (Wildman–Crippen LogP) is 3.26. The quantitative estimate of drug-likeness (QED) is 0.885. The SMILES string of the molecule is Cc1cc2cc(C)n(C)c2cc1NC(=O)CC(=O)C(F)(F)F. The number of fused-ring (bicyclic) bond motifs is 1. The van der Waals surface area contributed by atoms with Crippen molar-refractivity contribution in [3.8, 4) is 0 Å². The molecule has 0 aliphatic rings. The smallest absolute Gasteiger partial charge is 0.348 e. The summed E-state index contributed by atoms with van der Waals surface area (Å²) >= 11 is 0. The van der Waals surface area contributed by atoms with Crippen molar-refractivity contribution < 1.29 is 22.8 Å². The van der Waals surface area contributed by atoms with Crippen LogP contribution in [0.3, 0.4) is 0 Å². The van der Waals surface area contributed by atoms with Crippen LogP contribution in [0.25, 0.3) is 10.9 Å². The second kappa shape index (κ2) is 5.47. The van der Waals surface area contributed by atoms with E-state index >= 15 is 0 Å². The van der Waals surface area contributed by atoms with Gasteiger partial charge in [-0.3, -0.25) is 9.59 Å². The third kappa shape index (κ3) is 3.13. The van der Waals surface area contributed by atoms with Gasteiger partial charge in [0, 0.05) is 23.8 Å². The van der Waals surface area contributed by atoms with Gasteiger partial charge < -0.3 is 9.88 Å². The van der Waals surface area contributed by atoms with E-state index in [1.54, 1.807) is 13.0 Å². The van der Waals surface area contributed by atoms with Gasteiger partial charge in [0.1, 0.15) is 0 Å². The Labute approximate surface area is 124 Å². The van der Waals surface area contributed by atoms with Crippen LogP contribution in [0, 0.1) is 13.8 Å². The number of alkyl halides is 3. The second-order valence-electron chi connectivity index (χ2n) is 5.22. The molecule has 118 valence electrons. The summed E-state index contributed by atoms with van der Waals surface area (Å²) < 4.78 is 38.4. The van der Waals surface area contributed by atoms with E-state index in [9.17, 15) is 22.8 Å². The molecule has 0 unspecified atom stereocenters. The van der Waals surface area contributed by atoms with Gasteiger partial charge in [-0.05, 0) is 37.6 Å². The molecule has 0 spiro atoms. The lowest BCUT2D eigenvalue weighted by atomic mass is 10.1. The number of amides is 1. The van der Waals surface area contributed by atoms with Crippen molar-refractivity contribution in [1.82, 2.24) is 4.57 Å². The number of carbonyl (C=O) groups excluding carboxylic acids is 2. The first-order valence-corrected chi connectivity index (χ1v) is 6.56. The molecule has 4 nitrogen and oxygen atoms in total. The maximum absolute atomic E-state index is 12.2. The second-order valence-corrected chi connectivity index (χ2v) is 5.22. The summed E-state index contributed by atoms with van der Waals surface area (Å²) in [6, 6.07) is 5.50. The van der Waals surface area contributed by atoms with Crippen molar-refractivity contribution in [1.29, 1.82) is 0 Å². The summed E-state index contributed by atoms with van der Waals surface area (Å²) in [5, 5.41) is 3.34. The van der Waals surface area contributed by atoms with Gasteiger partial charge in [-0.15, -0.1) is 0 Å². The molecule has 0 aliphatic carbocycles. The van der Waals surface area contributed by atoms with E-state index in [0.29, 0.717) is 11.3 Å². The zero-order chi connectivity index (χ0) is 16.7. The number of carbonyl (C=O) groups is 2. The van der Waals surface area contributed by atoms with Gasteiger partial charge in [0.2, 0.25) is 11.7 Å². The number of aromatic nitrogens is 1. The van der Waals surface area contributed by atoms with E-state index in [1.807, 2.05) is 30.7 Å². The molecule has 0 saturated carbocycles. The van der Waals surface area contributed by atoms with E-state index in [1.165, 1.54) is 0 Å². The van der Waals surface area contributed by atoms with Crippen LogP contribution in [-0.4, -0.2) is 22.4 Å². The fraction of sp³-hybridized carbons (Fsp3) is 0.333. The van der Waals surface area contributed by atoms with Crippen LogP contribution < -0.4 is 5.32 Å². The third-order valence-electron chi connectivity index (χ3n) is 3.54. The summed E-state index contributed by atoms with van der Waals surface area (Å²) in [5.74, 6) is -3.03. The summed E-state index contributed by atoms with van der Waals surface area (Å²) in [6.07, 6.45) is -6.21. The molecule has 1 aromatic carbocycles. The normalized spacial score (nSPS) is 11.7. The summed E-state index contributed by atoms with van der Waals surface area (Å²) in [5.41, 5.74) is 2.98. The van der Waals surface area contributed by atoms with E-state index in [2.05, 4.69) is 5.32 Å². The summed E-state index contributed by atoms with van der Waals surface area (Å²) in [6.45, 7) is 3.67. The number of hydrogen-bond donors (Lipinski definition) is 1. The number of nitrogens with zero attached hydrogens (tertiary/aromatic N) is 1. The molecule has 0 bridgehead atoms. The average molecular weight is 312 g/mol. The predicted molar refractivity (Wildman–Crippen MR) is 76.7 cm³/mol. The molecule has 1 heterocycles. The van der Waals surface area contributed by atoms with Gasteiger partial charge in [0.05, 0.1) is 11.9 Å². The fourth-order valence-corrected chi connectivity index (χ4v) is 2.21. The number of nitrogens with one attached hydrogen (secondary N) is 1. The molecule has 1 amide bonds. The molecule has 0 atom stereocenters. The molecule has 0 saturated heterocycles. The van der Waals surface area contributed by atoms with Crippen molar-refractivity contribution in [2.75, 3.05) is 5.32 Å². The first-order chi connectivity index (χ1) is 10.1. The molecule has 7 heteroatoms.